The average molecular weight is 277 g/mol. The average Bonchev–Trinajstić information content (AvgIpc) is 2.62. The second-order valence-electron chi connectivity index (χ2n) is 4.01. The van der Waals surface area contributed by atoms with Crippen LogP contribution in [0.1, 0.15) is 0 Å². The van der Waals surface area contributed by atoms with Crippen molar-refractivity contribution in [2.24, 2.45) is 0 Å². The first kappa shape index (κ1) is 11.9. The second-order valence-corrected chi connectivity index (χ2v) is 5.98. The van der Waals surface area contributed by atoms with E-state index < -0.39 is 0 Å². The van der Waals surface area contributed by atoms with Crippen LogP contribution in [0.3, 0.4) is 0 Å². The quantitative estimate of drug-likeness (QED) is 0.758. The first-order valence-corrected chi connectivity index (χ1v) is 7.65. The molecule has 2 aromatic carbocycles. The number of nitrogens with zero attached hydrogens (tertiary/aromatic N) is 1. The zero-order chi connectivity index (χ0) is 12.4. The van der Waals surface area contributed by atoms with Crippen LogP contribution in [0, 0.1) is 5.82 Å². The minimum atomic E-state index is -0.183. The molecule has 2 aromatic rings. The van der Waals surface area contributed by atoms with Gasteiger partial charge in [-0.25, -0.2) is 4.39 Å². The summed E-state index contributed by atoms with van der Waals surface area (Å²) in [5, 5.41) is 0. The maximum atomic E-state index is 12.9. The third kappa shape index (κ3) is 2.49. The topological polar surface area (TPSA) is 3.24 Å². The lowest BCUT2D eigenvalue weighted by Crippen LogP contribution is -2.20. The van der Waals surface area contributed by atoms with Crippen LogP contribution < -0.4 is 4.90 Å². The molecule has 0 radical (unpaired) electrons. The molecule has 0 fully saturated rings. The smallest absolute Gasteiger partial charge is 0.123 e. The number of hydrogen-bond donors (Lipinski definition) is 0. The predicted molar refractivity (Wildman–Crippen MR) is 76.8 cm³/mol. The molecule has 0 saturated heterocycles. The van der Waals surface area contributed by atoms with Gasteiger partial charge in [0.15, 0.2) is 0 Å². The molecule has 0 atom stereocenters. The summed E-state index contributed by atoms with van der Waals surface area (Å²) in [4.78, 5) is 4.91. The number of thioether (sulfide) groups is 2. The van der Waals surface area contributed by atoms with Crippen molar-refractivity contribution >= 4 is 29.2 Å². The predicted octanol–water partition coefficient (Wildman–Crippen LogP) is 4.45. The number of anilines is 1. The molecule has 3 rings (SSSR count). The van der Waals surface area contributed by atoms with Crippen LogP contribution >= 0.6 is 23.5 Å². The van der Waals surface area contributed by atoms with Crippen LogP contribution in [-0.2, 0) is 0 Å². The minimum absolute atomic E-state index is 0.183. The summed E-state index contributed by atoms with van der Waals surface area (Å²) < 4.78 is 12.9. The van der Waals surface area contributed by atoms with Gasteiger partial charge in [-0.05, 0) is 36.4 Å². The molecule has 0 bridgehead atoms. The fourth-order valence-electron chi connectivity index (χ4n) is 1.82. The van der Waals surface area contributed by atoms with E-state index in [1.54, 1.807) is 0 Å². The van der Waals surface area contributed by atoms with Crippen molar-refractivity contribution in [2.45, 2.75) is 9.79 Å². The highest BCUT2D eigenvalue weighted by atomic mass is 32.2. The Balaban J connectivity index is 1.80. The second kappa shape index (κ2) is 5.24. The molecule has 1 aliphatic heterocycles. The molecule has 1 nitrogen and oxygen atoms in total. The molecule has 0 spiro atoms. The van der Waals surface area contributed by atoms with Gasteiger partial charge in [0.2, 0.25) is 0 Å². The van der Waals surface area contributed by atoms with Gasteiger partial charge in [0, 0.05) is 15.5 Å². The van der Waals surface area contributed by atoms with E-state index in [9.17, 15) is 4.39 Å². The van der Waals surface area contributed by atoms with Gasteiger partial charge in [-0.15, -0.1) is 23.5 Å². The van der Waals surface area contributed by atoms with Crippen molar-refractivity contribution in [1.29, 1.82) is 0 Å². The number of rotatable bonds is 1. The van der Waals surface area contributed by atoms with Crippen LogP contribution in [0.2, 0.25) is 0 Å². The maximum absolute atomic E-state index is 12.9. The largest absolute Gasteiger partial charge is 0.352 e. The minimum Gasteiger partial charge on any atom is -0.352 e. The third-order valence-corrected chi connectivity index (χ3v) is 5.14. The Morgan fingerprint density at radius 1 is 0.833 bits per heavy atom. The van der Waals surface area contributed by atoms with Crippen molar-refractivity contribution in [3.8, 4) is 0 Å². The van der Waals surface area contributed by atoms with Crippen LogP contribution in [0.25, 0.3) is 0 Å². The Morgan fingerprint density at radius 2 is 1.39 bits per heavy atom. The molecule has 0 saturated carbocycles. The molecule has 0 N–H and O–H groups in total. The molecule has 1 heterocycles. The van der Waals surface area contributed by atoms with E-state index in [1.165, 1.54) is 21.9 Å². The lowest BCUT2D eigenvalue weighted by molar-refractivity contribution is 0.628. The van der Waals surface area contributed by atoms with E-state index in [1.807, 2.05) is 35.7 Å². The summed E-state index contributed by atoms with van der Waals surface area (Å²) >= 11 is 3.66. The van der Waals surface area contributed by atoms with E-state index in [0.717, 1.165) is 17.4 Å². The Hall–Kier alpha value is -1.13. The summed E-state index contributed by atoms with van der Waals surface area (Å²) in [6.45, 7) is 0. The van der Waals surface area contributed by atoms with Gasteiger partial charge < -0.3 is 4.90 Å². The Morgan fingerprint density at radius 3 is 1.94 bits per heavy atom. The Kier molecular flexibility index (Phi) is 3.48. The van der Waals surface area contributed by atoms with Gasteiger partial charge in [-0.3, -0.25) is 0 Å². The Bertz CT molecular complexity index is 515. The van der Waals surface area contributed by atoms with E-state index in [2.05, 4.69) is 29.2 Å². The molecular weight excluding hydrogens is 265 g/mol. The molecule has 4 heteroatoms. The van der Waals surface area contributed by atoms with Crippen molar-refractivity contribution in [3.63, 3.8) is 0 Å². The van der Waals surface area contributed by atoms with E-state index in [-0.39, 0.29) is 5.82 Å². The molecule has 92 valence electrons. The molecule has 1 aliphatic rings. The monoisotopic (exact) mass is 277 g/mol. The van der Waals surface area contributed by atoms with Gasteiger partial charge in [-0.1, -0.05) is 12.1 Å². The highest BCUT2D eigenvalue weighted by Gasteiger charge is 2.14. The number of hydrogen-bond acceptors (Lipinski definition) is 3. The van der Waals surface area contributed by atoms with E-state index in [4.69, 9.17) is 0 Å². The first-order chi connectivity index (χ1) is 8.83. The van der Waals surface area contributed by atoms with Gasteiger partial charge >= 0.3 is 0 Å². The van der Waals surface area contributed by atoms with Crippen molar-refractivity contribution in [3.05, 3.63) is 54.3 Å². The molecule has 0 aromatic heterocycles. The van der Waals surface area contributed by atoms with Crippen LogP contribution in [0.15, 0.2) is 58.3 Å². The lowest BCUT2D eigenvalue weighted by atomic mass is 10.3. The van der Waals surface area contributed by atoms with E-state index in [0.29, 0.717) is 0 Å². The highest BCUT2D eigenvalue weighted by Crippen LogP contribution is 2.36. The third-order valence-electron chi connectivity index (χ3n) is 2.79. The fraction of sp³-hybridized carbons (Fsp3) is 0.143. The van der Waals surface area contributed by atoms with E-state index >= 15 is 0 Å². The Labute approximate surface area is 114 Å². The molecule has 0 aliphatic carbocycles. The highest BCUT2D eigenvalue weighted by molar-refractivity contribution is 8.03. The van der Waals surface area contributed by atoms with Gasteiger partial charge in [0.25, 0.3) is 0 Å². The van der Waals surface area contributed by atoms with Crippen LogP contribution in [0.5, 0.6) is 0 Å². The summed E-state index contributed by atoms with van der Waals surface area (Å²) in [6.07, 6.45) is 0. The number of halogens is 1. The molecule has 0 amide bonds. The SMILES string of the molecule is Fc1ccc(N2CSc3ccccc3SC2)cc1. The van der Waals surface area contributed by atoms with Crippen LogP contribution in [-0.4, -0.2) is 11.8 Å². The van der Waals surface area contributed by atoms with Gasteiger partial charge in [0.05, 0.1) is 11.8 Å². The standard InChI is InChI=1S/C14H12FNS2/c15-11-5-7-12(8-6-11)16-9-17-13-3-1-2-4-14(13)18-10-16/h1-8H,9-10H2. The van der Waals surface area contributed by atoms with Crippen LogP contribution in [0.4, 0.5) is 10.1 Å². The van der Waals surface area contributed by atoms with Gasteiger partial charge in [-0.2, -0.15) is 0 Å². The summed E-state index contributed by atoms with van der Waals surface area (Å²) in [6, 6.07) is 15.2. The summed E-state index contributed by atoms with van der Waals surface area (Å²) in [5.74, 6) is 1.61. The lowest BCUT2D eigenvalue weighted by Gasteiger charge is -2.21. The summed E-state index contributed by atoms with van der Waals surface area (Å²) in [7, 11) is 0. The zero-order valence-electron chi connectivity index (χ0n) is 9.67. The molecular formula is C14H12FNS2. The molecule has 0 unspecified atom stereocenters. The molecule has 18 heavy (non-hydrogen) atoms. The zero-order valence-corrected chi connectivity index (χ0v) is 11.3. The fourth-order valence-corrected chi connectivity index (χ4v) is 4.13. The van der Waals surface area contributed by atoms with Crippen molar-refractivity contribution in [2.75, 3.05) is 16.7 Å². The van der Waals surface area contributed by atoms with Gasteiger partial charge in [0.1, 0.15) is 5.82 Å². The maximum Gasteiger partial charge on any atom is 0.123 e. The number of benzene rings is 2. The van der Waals surface area contributed by atoms with Crippen molar-refractivity contribution < 1.29 is 4.39 Å². The number of fused-ring (bicyclic) bond motifs is 1. The summed E-state index contributed by atoms with van der Waals surface area (Å²) in [5.41, 5.74) is 1.07. The first-order valence-electron chi connectivity index (χ1n) is 5.68. The van der Waals surface area contributed by atoms with Crippen molar-refractivity contribution in [1.82, 2.24) is 0 Å². The normalized spacial score (nSPS) is 15.1.